The van der Waals surface area contributed by atoms with Crippen LogP contribution < -0.4 is 14.2 Å². The second kappa shape index (κ2) is 8.95. The van der Waals surface area contributed by atoms with Gasteiger partial charge in [-0.05, 0) is 79.3 Å². The summed E-state index contributed by atoms with van der Waals surface area (Å²) >= 11 is 0. The number of hydrogen-bond acceptors (Lipinski definition) is 6. The van der Waals surface area contributed by atoms with Gasteiger partial charge in [-0.1, -0.05) is 18.2 Å². The summed E-state index contributed by atoms with van der Waals surface area (Å²) in [4.78, 5) is -0.169. The number of anilines is 2. The number of sulfonamides is 2. The summed E-state index contributed by atoms with van der Waals surface area (Å²) in [6.07, 6.45) is 3.81. The highest BCUT2D eigenvalue weighted by molar-refractivity contribution is 7.93. The first-order valence-electron chi connectivity index (χ1n) is 10.3. The first kappa shape index (κ1) is 22.9. The summed E-state index contributed by atoms with van der Waals surface area (Å²) in [5.41, 5.74) is 2.11. The Morgan fingerprint density at radius 2 is 1.36 bits per heavy atom. The van der Waals surface area contributed by atoms with E-state index in [2.05, 4.69) is 9.44 Å². The number of hydrogen-bond donors (Lipinski definition) is 3. The summed E-state index contributed by atoms with van der Waals surface area (Å²) < 4.78 is 61.6. The van der Waals surface area contributed by atoms with E-state index in [1.165, 1.54) is 25.3 Å². The molecule has 10 heteroatoms. The minimum absolute atomic E-state index is 0.0583. The second-order valence-corrected chi connectivity index (χ2v) is 11.1. The average molecular weight is 489 g/mol. The third kappa shape index (κ3) is 4.91. The fourth-order valence-electron chi connectivity index (χ4n) is 3.78. The van der Waals surface area contributed by atoms with Crippen LogP contribution in [0.2, 0.25) is 0 Å². The van der Waals surface area contributed by atoms with Crippen molar-refractivity contribution < 1.29 is 26.7 Å². The molecule has 0 fully saturated rings. The van der Waals surface area contributed by atoms with Gasteiger partial charge >= 0.3 is 0 Å². The Kier molecular flexibility index (Phi) is 6.22. The maximum Gasteiger partial charge on any atom is 0.262 e. The summed E-state index contributed by atoms with van der Waals surface area (Å²) in [5, 5.41) is 10.2. The lowest BCUT2D eigenvalue weighted by molar-refractivity contribution is 0.417. The van der Waals surface area contributed by atoms with Crippen molar-refractivity contribution in [3.8, 4) is 11.5 Å². The second-order valence-electron chi connectivity index (χ2n) is 7.73. The molecule has 0 heterocycles. The lowest BCUT2D eigenvalue weighted by atomic mass is 9.92. The van der Waals surface area contributed by atoms with Gasteiger partial charge in [-0.3, -0.25) is 9.44 Å². The molecule has 0 atom stereocenters. The van der Waals surface area contributed by atoms with Crippen LogP contribution in [0.3, 0.4) is 0 Å². The van der Waals surface area contributed by atoms with Crippen LogP contribution in [0.5, 0.6) is 11.5 Å². The van der Waals surface area contributed by atoms with Crippen LogP contribution in [0.15, 0.2) is 70.5 Å². The molecule has 174 valence electrons. The van der Waals surface area contributed by atoms with Gasteiger partial charge in [-0.2, -0.15) is 0 Å². The van der Waals surface area contributed by atoms with Gasteiger partial charge in [0, 0.05) is 0 Å². The highest BCUT2D eigenvalue weighted by atomic mass is 32.2. The fourth-order valence-corrected chi connectivity index (χ4v) is 5.99. The van der Waals surface area contributed by atoms with E-state index in [-0.39, 0.29) is 21.2 Å². The molecule has 0 spiro atoms. The highest BCUT2D eigenvalue weighted by Gasteiger charge is 2.22. The molecule has 0 saturated carbocycles. The number of nitrogens with one attached hydrogen (secondary N) is 2. The number of rotatable bonds is 7. The van der Waals surface area contributed by atoms with Gasteiger partial charge in [0.15, 0.2) is 0 Å². The SMILES string of the molecule is COc1ccccc1NS(=O)(=O)c1ccc(O)c(NS(=O)(=O)c2ccc3c(c2)CCCC3)c1. The van der Waals surface area contributed by atoms with Crippen LogP contribution in [-0.4, -0.2) is 29.1 Å². The first-order valence-corrected chi connectivity index (χ1v) is 13.3. The number of fused-ring (bicyclic) bond motifs is 1. The van der Waals surface area contributed by atoms with E-state index in [0.29, 0.717) is 5.75 Å². The molecular weight excluding hydrogens is 464 g/mol. The van der Waals surface area contributed by atoms with E-state index in [1.807, 2.05) is 0 Å². The third-order valence-electron chi connectivity index (χ3n) is 5.50. The standard InChI is InChI=1S/C23H24N2O6S2/c1-31-23-9-5-4-8-20(23)24-33(29,30)19-12-13-22(26)21(15-19)25-32(27,28)18-11-10-16-6-2-3-7-17(16)14-18/h4-5,8-15,24-26H,2-3,6-7H2,1H3. The Morgan fingerprint density at radius 1 is 0.758 bits per heavy atom. The van der Waals surface area contributed by atoms with Crippen molar-refractivity contribution >= 4 is 31.4 Å². The molecule has 1 aliphatic carbocycles. The van der Waals surface area contributed by atoms with Crippen LogP contribution in [-0.2, 0) is 32.9 Å². The van der Waals surface area contributed by atoms with Crippen molar-refractivity contribution in [2.45, 2.75) is 35.5 Å². The molecule has 33 heavy (non-hydrogen) atoms. The van der Waals surface area contributed by atoms with E-state index >= 15 is 0 Å². The zero-order valence-corrected chi connectivity index (χ0v) is 19.5. The number of phenolic OH excluding ortho intramolecular Hbond substituents is 1. The van der Waals surface area contributed by atoms with Crippen LogP contribution in [0.4, 0.5) is 11.4 Å². The van der Waals surface area contributed by atoms with E-state index in [0.717, 1.165) is 48.9 Å². The molecule has 0 aliphatic heterocycles. The largest absolute Gasteiger partial charge is 0.506 e. The van der Waals surface area contributed by atoms with Crippen molar-refractivity contribution in [1.29, 1.82) is 0 Å². The van der Waals surface area contributed by atoms with Crippen molar-refractivity contribution in [3.63, 3.8) is 0 Å². The predicted octanol–water partition coefficient (Wildman–Crippen LogP) is 3.88. The van der Waals surface area contributed by atoms with Gasteiger partial charge < -0.3 is 9.84 Å². The number of phenols is 1. The first-order chi connectivity index (χ1) is 15.7. The predicted molar refractivity (Wildman–Crippen MR) is 126 cm³/mol. The highest BCUT2D eigenvalue weighted by Crippen LogP contribution is 2.32. The Labute approximate surface area is 193 Å². The molecule has 0 radical (unpaired) electrons. The molecule has 3 aromatic carbocycles. The van der Waals surface area contributed by atoms with E-state index in [9.17, 15) is 21.9 Å². The monoisotopic (exact) mass is 488 g/mol. The smallest absolute Gasteiger partial charge is 0.262 e. The molecule has 1 aliphatic rings. The van der Waals surface area contributed by atoms with Crippen molar-refractivity contribution in [1.82, 2.24) is 0 Å². The molecule has 3 N–H and O–H groups in total. The van der Waals surface area contributed by atoms with Gasteiger partial charge in [-0.25, -0.2) is 16.8 Å². The minimum Gasteiger partial charge on any atom is -0.506 e. The Morgan fingerprint density at radius 3 is 2.09 bits per heavy atom. The lowest BCUT2D eigenvalue weighted by Crippen LogP contribution is -2.16. The topological polar surface area (TPSA) is 122 Å². The molecule has 0 saturated heterocycles. The van der Waals surface area contributed by atoms with Crippen LogP contribution in [0.25, 0.3) is 0 Å². The average Bonchev–Trinajstić information content (AvgIpc) is 2.80. The molecule has 0 amide bonds. The van der Waals surface area contributed by atoms with Gasteiger partial charge in [0.2, 0.25) is 0 Å². The van der Waals surface area contributed by atoms with E-state index in [4.69, 9.17) is 4.74 Å². The number of aryl methyl sites for hydroxylation is 2. The van der Waals surface area contributed by atoms with Gasteiger partial charge in [0.05, 0.1) is 28.3 Å². The zero-order chi connectivity index (χ0) is 23.6. The molecule has 0 aromatic heterocycles. The number of benzene rings is 3. The zero-order valence-electron chi connectivity index (χ0n) is 17.9. The quantitative estimate of drug-likeness (QED) is 0.434. The molecular formula is C23H24N2O6S2. The fraction of sp³-hybridized carbons (Fsp3) is 0.217. The summed E-state index contributed by atoms with van der Waals surface area (Å²) in [6, 6.07) is 14.8. The number of aromatic hydroxyl groups is 1. The van der Waals surface area contributed by atoms with Crippen molar-refractivity contribution in [2.24, 2.45) is 0 Å². The molecule has 0 bridgehead atoms. The van der Waals surface area contributed by atoms with Crippen molar-refractivity contribution in [2.75, 3.05) is 16.6 Å². The van der Waals surface area contributed by atoms with Gasteiger partial charge in [0.25, 0.3) is 20.0 Å². The lowest BCUT2D eigenvalue weighted by Gasteiger charge is -2.17. The van der Waals surface area contributed by atoms with Crippen LogP contribution in [0, 0.1) is 0 Å². The Bertz CT molecular complexity index is 1400. The minimum atomic E-state index is -4.09. The number of para-hydroxylation sites is 2. The summed E-state index contributed by atoms with van der Waals surface area (Å²) in [7, 11) is -6.72. The molecule has 4 rings (SSSR count). The summed E-state index contributed by atoms with van der Waals surface area (Å²) in [5.74, 6) is -0.0686. The number of methoxy groups -OCH3 is 1. The molecule has 3 aromatic rings. The summed E-state index contributed by atoms with van der Waals surface area (Å²) in [6.45, 7) is 0. The maximum absolute atomic E-state index is 13.0. The third-order valence-corrected chi connectivity index (χ3v) is 8.23. The molecule has 0 unspecified atom stereocenters. The normalized spacial score (nSPS) is 13.7. The Hall–Kier alpha value is -3.24. The van der Waals surface area contributed by atoms with Crippen LogP contribution >= 0.6 is 0 Å². The van der Waals surface area contributed by atoms with Crippen molar-refractivity contribution in [3.05, 3.63) is 71.8 Å². The van der Waals surface area contributed by atoms with E-state index in [1.54, 1.807) is 30.3 Å². The van der Waals surface area contributed by atoms with Gasteiger partial charge in [0.1, 0.15) is 11.5 Å². The number of ether oxygens (including phenoxy) is 1. The Balaban J connectivity index is 1.63. The van der Waals surface area contributed by atoms with Gasteiger partial charge in [-0.15, -0.1) is 0 Å². The van der Waals surface area contributed by atoms with Crippen LogP contribution in [0.1, 0.15) is 24.0 Å². The maximum atomic E-state index is 13.0. The molecule has 8 nitrogen and oxygen atoms in total. The van der Waals surface area contributed by atoms with E-state index < -0.39 is 25.8 Å².